The van der Waals surface area contributed by atoms with E-state index in [1.807, 2.05) is 29.2 Å². The van der Waals surface area contributed by atoms with Crippen molar-refractivity contribution >= 4 is 5.91 Å². The van der Waals surface area contributed by atoms with Gasteiger partial charge in [-0.25, -0.2) is 9.67 Å². The third kappa shape index (κ3) is 4.18. The number of nitrogens with zero attached hydrogens (tertiary/aromatic N) is 5. The topological polar surface area (TPSA) is 74.5 Å². The normalized spacial score (nSPS) is 17.0. The third-order valence-electron chi connectivity index (χ3n) is 4.19. The van der Waals surface area contributed by atoms with E-state index in [0.29, 0.717) is 31.7 Å². The second-order valence-electron chi connectivity index (χ2n) is 6.23. The Kier molecular flexibility index (Phi) is 5.22. The number of aromatic nitrogens is 3. The maximum atomic E-state index is 12.6. The van der Waals surface area contributed by atoms with Crippen molar-refractivity contribution in [3.8, 4) is 0 Å². The van der Waals surface area contributed by atoms with E-state index in [2.05, 4.69) is 15.0 Å². The van der Waals surface area contributed by atoms with Crippen LogP contribution in [0.25, 0.3) is 0 Å². The molecule has 2 aromatic rings. The molecule has 1 amide bonds. The number of carbonyl (C=O) groups is 1. The predicted molar refractivity (Wildman–Crippen MR) is 89.6 cm³/mol. The van der Waals surface area contributed by atoms with E-state index in [1.54, 1.807) is 17.9 Å². The minimum absolute atomic E-state index is 0.0685. The van der Waals surface area contributed by atoms with Crippen molar-refractivity contribution in [2.45, 2.75) is 19.6 Å². The highest BCUT2D eigenvalue weighted by Gasteiger charge is 2.22. The van der Waals surface area contributed by atoms with Gasteiger partial charge in [0.05, 0.1) is 12.6 Å². The van der Waals surface area contributed by atoms with Crippen molar-refractivity contribution in [2.24, 2.45) is 0 Å². The SMILES string of the molecule is C[C@@H](O)CN1CCN(C(=O)c2ccc(Cn3cncn3)cc2)CC1. The van der Waals surface area contributed by atoms with Crippen LogP contribution >= 0.6 is 0 Å². The quantitative estimate of drug-likeness (QED) is 0.863. The summed E-state index contributed by atoms with van der Waals surface area (Å²) in [6.07, 6.45) is 2.85. The highest BCUT2D eigenvalue weighted by Crippen LogP contribution is 2.11. The molecule has 1 aromatic carbocycles. The maximum Gasteiger partial charge on any atom is 0.253 e. The lowest BCUT2D eigenvalue weighted by atomic mass is 10.1. The van der Waals surface area contributed by atoms with Crippen molar-refractivity contribution in [1.82, 2.24) is 24.6 Å². The monoisotopic (exact) mass is 329 g/mol. The van der Waals surface area contributed by atoms with Crippen molar-refractivity contribution in [1.29, 1.82) is 0 Å². The molecule has 128 valence electrons. The van der Waals surface area contributed by atoms with Crippen molar-refractivity contribution < 1.29 is 9.90 Å². The molecular weight excluding hydrogens is 306 g/mol. The molecule has 0 spiro atoms. The van der Waals surface area contributed by atoms with Crippen molar-refractivity contribution in [2.75, 3.05) is 32.7 Å². The number of β-amino-alcohol motifs (C(OH)–C–C–N with tert-alkyl or cyclic N) is 1. The van der Waals surface area contributed by atoms with E-state index in [4.69, 9.17) is 0 Å². The molecule has 3 rings (SSSR count). The molecule has 1 saturated heterocycles. The van der Waals surface area contributed by atoms with Crippen LogP contribution in [0.3, 0.4) is 0 Å². The van der Waals surface area contributed by atoms with E-state index in [1.165, 1.54) is 6.33 Å². The lowest BCUT2D eigenvalue weighted by Gasteiger charge is -2.35. The first-order valence-electron chi connectivity index (χ1n) is 8.23. The highest BCUT2D eigenvalue weighted by molar-refractivity contribution is 5.94. The summed E-state index contributed by atoms with van der Waals surface area (Å²) in [6, 6.07) is 7.66. The number of hydrogen-bond acceptors (Lipinski definition) is 5. The molecular formula is C17H23N5O2. The second kappa shape index (κ2) is 7.55. The molecule has 0 unspecified atom stereocenters. The molecule has 0 radical (unpaired) electrons. The number of rotatable bonds is 5. The van der Waals surface area contributed by atoms with Gasteiger partial charge < -0.3 is 10.0 Å². The molecule has 7 nitrogen and oxygen atoms in total. The molecule has 1 fully saturated rings. The van der Waals surface area contributed by atoms with Crippen LogP contribution in [0.1, 0.15) is 22.8 Å². The predicted octanol–water partition coefficient (Wildman–Crippen LogP) is 0.465. The summed E-state index contributed by atoms with van der Waals surface area (Å²) in [7, 11) is 0. The van der Waals surface area contributed by atoms with Crippen LogP contribution in [0.5, 0.6) is 0 Å². The molecule has 0 aliphatic carbocycles. The Labute approximate surface area is 141 Å². The molecule has 7 heteroatoms. The Morgan fingerprint density at radius 2 is 1.92 bits per heavy atom. The minimum atomic E-state index is -0.329. The lowest BCUT2D eigenvalue weighted by Crippen LogP contribution is -2.50. The first kappa shape index (κ1) is 16.6. The zero-order valence-electron chi connectivity index (χ0n) is 13.9. The summed E-state index contributed by atoms with van der Waals surface area (Å²) in [5.74, 6) is 0.0685. The Morgan fingerprint density at radius 1 is 1.21 bits per heavy atom. The van der Waals surface area contributed by atoms with Gasteiger partial charge in [-0.2, -0.15) is 5.10 Å². The average Bonchev–Trinajstić information content (AvgIpc) is 3.08. The number of amides is 1. The molecule has 2 heterocycles. The summed E-state index contributed by atoms with van der Waals surface area (Å²) in [6.45, 7) is 6.12. The van der Waals surface area contributed by atoms with E-state index >= 15 is 0 Å². The summed E-state index contributed by atoms with van der Waals surface area (Å²) < 4.78 is 1.75. The molecule has 1 N–H and O–H groups in total. The summed E-state index contributed by atoms with van der Waals surface area (Å²) in [5.41, 5.74) is 1.79. The van der Waals surface area contributed by atoms with Crippen LogP contribution in [0.15, 0.2) is 36.9 Å². The Morgan fingerprint density at radius 3 is 2.50 bits per heavy atom. The van der Waals surface area contributed by atoms with Crippen LogP contribution in [-0.2, 0) is 6.54 Å². The minimum Gasteiger partial charge on any atom is -0.392 e. The number of carbonyl (C=O) groups excluding carboxylic acids is 1. The average molecular weight is 329 g/mol. The van der Waals surface area contributed by atoms with Gasteiger partial charge in [0.25, 0.3) is 5.91 Å². The number of aliphatic hydroxyl groups excluding tert-OH is 1. The fraction of sp³-hybridized carbons (Fsp3) is 0.471. The van der Waals surface area contributed by atoms with Gasteiger partial charge >= 0.3 is 0 Å². The Hall–Kier alpha value is -2.25. The van der Waals surface area contributed by atoms with Gasteiger partial charge in [0.15, 0.2) is 0 Å². The van der Waals surface area contributed by atoms with E-state index in [9.17, 15) is 9.90 Å². The number of aliphatic hydroxyl groups is 1. The van der Waals surface area contributed by atoms with Gasteiger partial charge in [-0.1, -0.05) is 12.1 Å². The maximum absolute atomic E-state index is 12.6. The standard InChI is InChI=1S/C17H23N5O2/c1-14(23)10-20-6-8-21(9-7-20)17(24)16-4-2-15(3-5-16)11-22-13-18-12-19-22/h2-5,12-14,23H,6-11H2,1H3/t14-/m1/s1. The van der Waals surface area contributed by atoms with E-state index in [0.717, 1.165) is 18.7 Å². The van der Waals surface area contributed by atoms with E-state index in [-0.39, 0.29) is 12.0 Å². The Balaban J connectivity index is 1.55. The van der Waals surface area contributed by atoms with Gasteiger partial charge in [0.2, 0.25) is 0 Å². The van der Waals surface area contributed by atoms with Gasteiger partial charge in [0, 0.05) is 38.3 Å². The number of hydrogen-bond donors (Lipinski definition) is 1. The number of piperazine rings is 1. The van der Waals surface area contributed by atoms with Crippen LogP contribution in [-0.4, -0.2) is 74.4 Å². The largest absolute Gasteiger partial charge is 0.392 e. The smallest absolute Gasteiger partial charge is 0.253 e. The molecule has 1 aliphatic heterocycles. The van der Waals surface area contributed by atoms with Gasteiger partial charge in [-0.05, 0) is 24.6 Å². The first-order chi connectivity index (χ1) is 11.6. The molecule has 24 heavy (non-hydrogen) atoms. The molecule has 1 aliphatic rings. The fourth-order valence-corrected chi connectivity index (χ4v) is 2.94. The Bertz CT molecular complexity index is 646. The molecule has 1 aromatic heterocycles. The number of benzene rings is 1. The summed E-state index contributed by atoms with van der Waals surface area (Å²) >= 11 is 0. The van der Waals surface area contributed by atoms with Gasteiger partial charge in [-0.15, -0.1) is 0 Å². The van der Waals surface area contributed by atoms with Crippen LogP contribution in [0, 0.1) is 0 Å². The lowest BCUT2D eigenvalue weighted by molar-refractivity contribution is 0.0554. The van der Waals surface area contributed by atoms with Crippen LogP contribution in [0.2, 0.25) is 0 Å². The summed E-state index contributed by atoms with van der Waals surface area (Å²) in [4.78, 5) is 20.6. The van der Waals surface area contributed by atoms with Gasteiger partial charge in [0.1, 0.15) is 12.7 Å². The second-order valence-corrected chi connectivity index (χ2v) is 6.23. The highest BCUT2D eigenvalue weighted by atomic mass is 16.3. The third-order valence-corrected chi connectivity index (χ3v) is 4.19. The molecule has 0 saturated carbocycles. The first-order valence-corrected chi connectivity index (χ1v) is 8.23. The van der Waals surface area contributed by atoms with Crippen molar-refractivity contribution in [3.63, 3.8) is 0 Å². The fourth-order valence-electron chi connectivity index (χ4n) is 2.94. The van der Waals surface area contributed by atoms with E-state index < -0.39 is 0 Å². The molecule has 1 atom stereocenters. The zero-order chi connectivity index (χ0) is 16.9. The van der Waals surface area contributed by atoms with Crippen molar-refractivity contribution in [3.05, 3.63) is 48.0 Å². The van der Waals surface area contributed by atoms with Gasteiger partial charge in [-0.3, -0.25) is 9.69 Å². The molecule has 0 bridgehead atoms. The zero-order valence-corrected chi connectivity index (χ0v) is 13.9. The van der Waals surface area contributed by atoms with Crippen LogP contribution < -0.4 is 0 Å². The van der Waals surface area contributed by atoms with Crippen LogP contribution in [0.4, 0.5) is 0 Å². The summed E-state index contributed by atoms with van der Waals surface area (Å²) in [5, 5.41) is 13.5.